The van der Waals surface area contributed by atoms with Crippen LogP contribution in [0, 0.1) is 0 Å². The Hall–Kier alpha value is -2.70. The second kappa shape index (κ2) is 4.76. The predicted molar refractivity (Wildman–Crippen MR) is 71.4 cm³/mol. The minimum absolute atomic E-state index is 0.148. The molecule has 1 aromatic carbocycles. The Kier molecular flexibility index (Phi) is 2.94. The van der Waals surface area contributed by atoms with Gasteiger partial charge >= 0.3 is 0 Å². The van der Waals surface area contributed by atoms with Crippen LogP contribution in [0.4, 0.5) is 5.69 Å². The van der Waals surface area contributed by atoms with Gasteiger partial charge in [-0.1, -0.05) is 0 Å². The van der Waals surface area contributed by atoms with Crippen LogP contribution in [-0.2, 0) is 13.6 Å². The summed E-state index contributed by atoms with van der Waals surface area (Å²) in [6, 6.07) is 3.19. The highest BCUT2D eigenvalue weighted by Crippen LogP contribution is 2.35. The van der Waals surface area contributed by atoms with E-state index in [1.807, 2.05) is 13.2 Å². The van der Waals surface area contributed by atoms with Crippen molar-refractivity contribution in [3.8, 4) is 11.5 Å². The van der Waals surface area contributed by atoms with Crippen molar-refractivity contribution in [3.63, 3.8) is 0 Å². The van der Waals surface area contributed by atoms with Gasteiger partial charge in [0.2, 0.25) is 6.79 Å². The van der Waals surface area contributed by atoms with E-state index in [1.54, 1.807) is 23.0 Å². The van der Waals surface area contributed by atoms with Crippen molar-refractivity contribution in [1.29, 1.82) is 0 Å². The second-order valence-corrected chi connectivity index (χ2v) is 4.50. The molecule has 2 aromatic rings. The number of carbonyl (C=O) groups excluding carboxylic acids is 1. The summed E-state index contributed by atoms with van der Waals surface area (Å²) < 4.78 is 12.1. The Bertz CT molecular complexity index is 666. The molecule has 0 radical (unpaired) electrons. The van der Waals surface area contributed by atoms with Crippen LogP contribution >= 0.6 is 0 Å². The molecule has 104 valence electrons. The maximum Gasteiger partial charge on any atom is 0.253 e. The third-order valence-electron chi connectivity index (χ3n) is 3.00. The first-order chi connectivity index (χ1) is 9.63. The number of rotatable bonds is 3. The van der Waals surface area contributed by atoms with Crippen LogP contribution in [0.2, 0.25) is 0 Å². The molecule has 20 heavy (non-hydrogen) atoms. The highest BCUT2D eigenvalue weighted by Gasteiger charge is 2.19. The van der Waals surface area contributed by atoms with Gasteiger partial charge in [0.1, 0.15) is 0 Å². The van der Waals surface area contributed by atoms with Crippen LogP contribution in [0.5, 0.6) is 11.5 Å². The lowest BCUT2D eigenvalue weighted by atomic mass is 10.1. The Balaban J connectivity index is 1.74. The van der Waals surface area contributed by atoms with E-state index in [9.17, 15) is 4.79 Å². The summed E-state index contributed by atoms with van der Waals surface area (Å²) in [7, 11) is 1.82. The van der Waals surface area contributed by atoms with Gasteiger partial charge in [-0.25, -0.2) is 0 Å². The Morgan fingerprint density at radius 1 is 1.45 bits per heavy atom. The van der Waals surface area contributed by atoms with Crippen LogP contribution in [0.25, 0.3) is 0 Å². The van der Waals surface area contributed by atoms with E-state index in [1.165, 1.54) is 0 Å². The lowest BCUT2D eigenvalue weighted by molar-refractivity contribution is 0.0951. The number of ether oxygens (including phenoxy) is 2. The number of nitrogens with one attached hydrogen (secondary N) is 1. The number of nitrogen functional groups attached to an aromatic ring is 1. The molecule has 1 amide bonds. The van der Waals surface area contributed by atoms with Gasteiger partial charge in [-0.15, -0.1) is 0 Å². The van der Waals surface area contributed by atoms with Crippen molar-refractivity contribution in [2.24, 2.45) is 7.05 Å². The zero-order valence-corrected chi connectivity index (χ0v) is 10.9. The molecule has 7 nitrogen and oxygen atoms in total. The van der Waals surface area contributed by atoms with E-state index in [2.05, 4.69) is 10.4 Å². The van der Waals surface area contributed by atoms with E-state index in [0.29, 0.717) is 29.3 Å². The number of aryl methyl sites for hydroxylation is 1. The van der Waals surface area contributed by atoms with Crippen molar-refractivity contribution < 1.29 is 14.3 Å². The summed E-state index contributed by atoms with van der Waals surface area (Å²) in [4.78, 5) is 12.1. The summed E-state index contributed by atoms with van der Waals surface area (Å²) in [6.45, 7) is 0.538. The van der Waals surface area contributed by atoms with E-state index >= 15 is 0 Å². The number of aromatic nitrogens is 2. The molecule has 3 N–H and O–H groups in total. The summed E-state index contributed by atoms with van der Waals surface area (Å²) in [6.07, 6.45) is 3.53. The number of carbonyl (C=O) groups is 1. The molecule has 0 fully saturated rings. The van der Waals surface area contributed by atoms with E-state index < -0.39 is 0 Å². The number of benzene rings is 1. The van der Waals surface area contributed by atoms with Gasteiger partial charge in [0.25, 0.3) is 5.91 Å². The maximum atomic E-state index is 12.1. The Morgan fingerprint density at radius 2 is 2.20 bits per heavy atom. The van der Waals surface area contributed by atoms with Gasteiger partial charge in [-0.05, 0) is 6.07 Å². The van der Waals surface area contributed by atoms with Crippen molar-refractivity contribution >= 4 is 11.6 Å². The van der Waals surface area contributed by atoms with Gasteiger partial charge < -0.3 is 20.5 Å². The number of hydrogen-bond acceptors (Lipinski definition) is 5. The van der Waals surface area contributed by atoms with Crippen LogP contribution in [-0.4, -0.2) is 22.5 Å². The van der Waals surface area contributed by atoms with Crippen LogP contribution in [0.15, 0.2) is 24.5 Å². The predicted octanol–water partition coefficient (Wildman–Crippen LogP) is 0.661. The first kappa shape index (κ1) is 12.3. The van der Waals surface area contributed by atoms with E-state index in [0.717, 1.165) is 5.56 Å². The summed E-state index contributed by atoms with van der Waals surface area (Å²) in [5.41, 5.74) is 7.50. The quantitative estimate of drug-likeness (QED) is 0.802. The fourth-order valence-corrected chi connectivity index (χ4v) is 2.00. The van der Waals surface area contributed by atoms with Gasteiger partial charge in [-0.2, -0.15) is 5.10 Å². The second-order valence-electron chi connectivity index (χ2n) is 4.50. The molecule has 0 unspecified atom stereocenters. The van der Waals surface area contributed by atoms with Crippen LogP contribution < -0.4 is 20.5 Å². The molecule has 0 aliphatic carbocycles. The van der Waals surface area contributed by atoms with Crippen LogP contribution in [0.1, 0.15) is 15.9 Å². The summed E-state index contributed by atoms with van der Waals surface area (Å²) >= 11 is 0. The minimum atomic E-state index is -0.260. The molecule has 0 bridgehead atoms. The average molecular weight is 274 g/mol. The maximum absolute atomic E-state index is 12.1. The number of fused-ring (bicyclic) bond motifs is 1. The number of nitrogens with zero attached hydrogens (tertiary/aromatic N) is 2. The lowest BCUT2D eigenvalue weighted by Crippen LogP contribution is -2.23. The number of anilines is 1. The zero-order chi connectivity index (χ0) is 14.1. The first-order valence-electron chi connectivity index (χ1n) is 6.08. The van der Waals surface area contributed by atoms with Crippen molar-refractivity contribution in [1.82, 2.24) is 15.1 Å². The molecule has 1 aliphatic heterocycles. The molecule has 0 atom stereocenters. The number of hydrogen-bond donors (Lipinski definition) is 2. The normalized spacial score (nSPS) is 12.4. The highest BCUT2D eigenvalue weighted by molar-refractivity contribution is 6.00. The van der Waals surface area contributed by atoms with E-state index in [4.69, 9.17) is 15.2 Å². The molecular weight excluding hydrogens is 260 g/mol. The smallest absolute Gasteiger partial charge is 0.253 e. The monoisotopic (exact) mass is 274 g/mol. The highest BCUT2D eigenvalue weighted by atomic mass is 16.7. The van der Waals surface area contributed by atoms with Crippen molar-refractivity contribution in [2.75, 3.05) is 12.5 Å². The van der Waals surface area contributed by atoms with Crippen molar-refractivity contribution in [3.05, 3.63) is 35.7 Å². The number of nitrogens with two attached hydrogens (primary N) is 1. The fraction of sp³-hybridized carbons (Fsp3) is 0.231. The molecule has 3 rings (SSSR count). The molecule has 1 aliphatic rings. The zero-order valence-electron chi connectivity index (χ0n) is 10.9. The largest absolute Gasteiger partial charge is 0.454 e. The Morgan fingerprint density at radius 3 is 2.90 bits per heavy atom. The Labute approximate surface area is 115 Å². The average Bonchev–Trinajstić information content (AvgIpc) is 3.03. The molecule has 0 spiro atoms. The van der Waals surface area contributed by atoms with Crippen LogP contribution in [0.3, 0.4) is 0 Å². The van der Waals surface area contributed by atoms with Gasteiger partial charge in [-0.3, -0.25) is 9.48 Å². The number of amides is 1. The molecule has 0 saturated carbocycles. The molecular formula is C13H14N4O3. The standard InChI is InChI=1S/C13H14N4O3/c1-17-6-8(5-16-17)4-15-13(18)9-2-11-12(3-10(9)14)20-7-19-11/h2-3,5-6H,4,7,14H2,1H3,(H,15,18). The molecule has 2 heterocycles. The molecule has 7 heteroatoms. The third kappa shape index (κ3) is 2.25. The lowest BCUT2D eigenvalue weighted by Gasteiger charge is -2.07. The van der Waals surface area contributed by atoms with Gasteiger partial charge in [0.05, 0.1) is 11.8 Å². The minimum Gasteiger partial charge on any atom is -0.454 e. The first-order valence-corrected chi connectivity index (χ1v) is 6.08. The van der Waals surface area contributed by atoms with E-state index in [-0.39, 0.29) is 12.7 Å². The van der Waals surface area contributed by atoms with Gasteiger partial charge in [0.15, 0.2) is 11.5 Å². The SMILES string of the molecule is Cn1cc(CNC(=O)c2cc3c(cc2N)OCO3)cn1. The van der Waals surface area contributed by atoms with Crippen molar-refractivity contribution in [2.45, 2.75) is 6.54 Å². The molecule has 1 aromatic heterocycles. The topological polar surface area (TPSA) is 91.4 Å². The summed E-state index contributed by atoms with van der Waals surface area (Å²) in [5.74, 6) is 0.835. The van der Waals surface area contributed by atoms with Gasteiger partial charge in [0, 0.05) is 37.1 Å². The molecule has 0 saturated heterocycles. The fourth-order valence-electron chi connectivity index (χ4n) is 2.00. The summed E-state index contributed by atoms with van der Waals surface area (Å²) in [5, 5.41) is 6.83. The third-order valence-corrected chi connectivity index (χ3v) is 3.00.